The maximum Gasteiger partial charge on any atom is 0.0961 e. The van der Waals surface area contributed by atoms with E-state index >= 15 is 0 Å². The lowest BCUT2D eigenvalue weighted by Gasteiger charge is -2.37. The summed E-state index contributed by atoms with van der Waals surface area (Å²) in [6.45, 7) is 5.23. The fraction of sp³-hybridized carbons (Fsp3) is 1.00. The SMILES string of the molecule is CCCCCCCCC(O)C1CN2CCCC2CO1. The van der Waals surface area contributed by atoms with Crippen LogP contribution < -0.4 is 0 Å². The van der Waals surface area contributed by atoms with Gasteiger partial charge < -0.3 is 9.84 Å². The molecule has 2 saturated heterocycles. The van der Waals surface area contributed by atoms with Crippen LogP contribution in [0.4, 0.5) is 0 Å². The van der Waals surface area contributed by atoms with Crippen molar-refractivity contribution in [1.29, 1.82) is 0 Å². The van der Waals surface area contributed by atoms with Gasteiger partial charge in [-0.2, -0.15) is 0 Å². The van der Waals surface area contributed by atoms with Crippen LogP contribution in [0, 0.1) is 0 Å². The predicted molar refractivity (Wildman–Crippen MR) is 78.3 cm³/mol. The van der Waals surface area contributed by atoms with Gasteiger partial charge >= 0.3 is 0 Å². The standard InChI is InChI=1S/C16H31NO2/c1-2-3-4-5-6-7-10-15(18)16-12-17-11-8-9-14(17)13-19-16/h14-16,18H,2-13H2,1H3. The fourth-order valence-electron chi connectivity index (χ4n) is 3.40. The second kappa shape index (κ2) is 8.23. The molecule has 0 aromatic carbocycles. The van der Waals surface area contributed by atoms with Gasteiger partial charge in [0, 0.05) is 12.6 Å². The van der Waals surface area contributed by atoms with E-state index in [1.807, 2.05) is 0 Å². The number of hydrogen-bond acceptors (Lipinski definition) is 3. The van der Waals surface area contributed by atoms with E-state index in [0.29, 0.717) is 6.04 Å². The maximum absolute atomic E-state index is 10.2. The van der Waals surface area contributed by atoms with Gasteiger partial charge in [0.25, 0.3) is 0 Å². The minimum Gasteiger partial charge on any atom is -0.390 e. The van der Waals surface area contributed by atoms with E-state index in [2.05, 4.69) is 11.8 Å². The Balaban J connectivity index is 1.57. The number of fused-ring (bicyclic) bond motifs is 1. The van der Waals surface area contributed by atoms with Crippen molar-refractivity contribution in [2.24, 2.45) is 0 Å². The van der Waals surface area contributed by atoms with Crippen LogP contribution in [0.1, 0.15) is 64.7 Å². The molecule has 0 bridgehead atoms. The molecule has 0 spiro atoms. The van der Waals surface area contributed by atoms with Crippen LogP contribution >= 0.6 is 0 Å². The molecule has 0 aromatic rings. The second-order valence-corrected chi connectivity index (χ2v) is 6.29. The molecule has 19 heavy (non-hydrogen) atoms. The van der Waals surface area contributed by atoms with E-state index in [-0.39, 0.29) is 12.2 Å². The highest BCUT2D eigenvalue weighted by Crippen LogP contribution is 2.25. The molecule has 2 heterocycles. The maximum atomic E-state index is 10.2. The number of morpholine rings is 1. The summed E-state index contributed by atoms with van der Waals surface area (Å²) in [4.78, 5) is 2.51. The quantitative estimate of drug-likeness (QED) is 0.688. The summed E-state index contributed by atoms with van der Waals surface area (Å²) in [5, 5.41) is 10.2. The molecule has 1 N–H and O–H groups in total. The third-order valence-electron chi connectivity index (χ3n) is 4.70. The summed E-state index contributed by atoms with van der Waals surface area (Å²) in [5.74, 6) is 0. The average Bonchev–Trinajstić information content (AvgIpc) is 2.89. The first-order valence-corrected chi connectivity index (χ1v) is 8.35. The largest absolute Gasteiger partial charge is 0.390 e. The van der Waals surface area contributed by atoms with E-state index < -0.39 is 0 Å². The zero-order valence-electron chi connectivity index (χ0n) is 12.5. The first kappa shape index (κ1) is 15.3. The van der Waals surface area contributed by atoms with Crippen LogP contribution in [0.3, 0.4) is 0 Å². The molecule has 112 valence electrons. The molecule has 2 aliphatic rings. The Bertz CT molecular complexity index is 247. The molecule has 0 aliphatic carbocycles. The van der Waals surface area contributed by atoms with E-state index in [4.69, 9.17) is 4.74 Å². The van der Waals surface area contributed by atoms with Crippen molar-refractivity contribution >= 4 is 0 Å². The summed E-state index contributed by atoms with van der Waals surface area (Å²) < 4.78 is 5.86. The number of aliphatic hydroxyl groups excluding tert-OH is 1. The number of hydrogen-bond donors (Lipinski definition) is 1. The second-order valence-electron chi connectivity index (χ2n) is 6.29. The van der Waals surface area contributed by atoms with Gasteiger partial charge in [0.2, 0.25) is 0 Å². The zero-order valence-corrected chi connectivity index (χ0v) is 12.5. The normalized spacial score (nSPS) is 29.4. The van der Waals surface area contributed by atoms with Crippen molar-refractivity contribution in [3.63, 3.8) is 0 Å². The Kier molecular flexibility index (Phi) is 6.62. The highest BCUT2D eigenvalue weighted by atomic mass is 16.5. The Morgan fingerprint density at radius 1 is 1.21 bits per heavy atom. The third-order valence-corrected chi connectivity index (χ3v) is 4.70. The zero-order chi connectivity index (χ0) is 13.5. The predicted octanol–water partition coefficient (Wildman–Crippen LogP) is 2.96. The van der Waals surface area contributed by atoms with Gasteiger partial charge in [-0.25, -0.2) is 0 Å². The van der Waals surface area contributed by atoms with E-state index in [1.165, 1.54) is 51.5 Å². The van der Waals surface area contributed by atoms with E-state index in [0.717, 1.165) is 26.0 Å². The Morgan fingerprint density at radius 2 is 2.00 bits per heavy atom. The van der Waals surface area contributed by atoms with Crippen LogP contribution in [0.15, 0.2) is 0 Å². The van der Waals surface area contributed by atoms with Gasteiger partial charge in [-0.15, -0.1) is 0 Å². The lowest BCUT2D eigenvalue weighted by atomic mass is 10.0. The molecular formula is C16H31NO2. The van der Waals surface area contributed by atoms with Crippen LogP contribution in [0.2, 0.25) is 0 Å². The summed E-state index contributed by atoms with van der Waals surface area (Å²) >= 11 is 0. The van der Waals surface area contributed by atoms with Crippen molar-refractivity contribution < 1.29 is 9.84 Å². The topological polar surface area (TPSA) is 32.7 Å². The minimum atomic E-state index is -0.257. The molecule has 0 saturated carbocycles. The highest BCUT2D eigenvalue weighted by Gasteiger charge is 2.34. The molecule has 2 rings (SSSR count). The smallest absolute Gasteiger partial charge is 0.0961 e. The van der Waals surface area contributed by atoms with Gasteiger partial charge in [-0.05, 0) is 25.8 Å². The Labute approximate surface area is 118 Å². The van der Waals surface area contributed by atoms with E-state index in [1.54, 1.807) is 0 Å². The number of ether oxygens (including phenoxy) is 1. The molecule has 3 unspecified atom stereocenters. The minimum absolute atomic E-state index is 0.0602. The molecule has 3 atom stereocenters. The van der Waals surface area contributed by atoms with Crippen molar-refractivity contribution in [3.05, 3.63) is 0 Å². The fourth-order valence-corrected chi connectivity index (χ4v) is 3.40. The molecule has 0 radical (unpaired) electrons. The first-order chi connectivity index (χ1) is 9.31. The summed E-state index contributed by atoms with van der Waals surface area (Å²) in [7, 11) is 0. The van der Waals surface area contributed by atoms with Crippen molar-refractivity contribution in [2.45, 2.75) is 83.0 Å². The lowest BCUT2D eigenvalue weighted by Crippen LogP contribution is -2.50. The molecular weight excluding hydrogens is 238 g/mol. The van der Waals surface area contributed by atoms with Crippen molar-refractivity contribution in [2.75, 3.05) is 19.7 Å². The molecule has 2 fully saturated rings. The monoisotopic (exact) mass is 269 g/mol. The van der Waals surface area contributed by atoms with Gasteiger partial charge in [0.15, 0.2) is 0 Å². The molecule has 0 aromatic heterocycles. The number of nitrogens with zero attached hydrogens (tertiary/aromatic N) is 1. The average molecular weight is 269 g/mol. The number of aliphatic hydroxyl groups is 1. The third kappa shape index (κ3) is 4.73. The number of unbranched alkanes of at least 4 members (excludes halogenated alkanes) is 5. The highest BCUT2D eigenvalue weighted by molar-refractivity contribution is 4.87. The van der Waals surface area contributed by atoms with Crippen LogP contribution in [0.25, 0.3) is 0 Å². The number of rotatable bonds is 8. The van der Waals surface area contributed by atoms with Crippen molar-refractivity contribution in [3.8, 4) is 0 Å². The molecule has 2 aliphatic heterocycles. The first-order valence-electron chi connectivity index (χ1n) is 8.35. The summed E-state index contributed by atoms with van der Waals surface area (Å²) in [5.41, 5.74) is 0. The molecule has 3 heteroatoms. The summed E-state index contributed by atoms with van der Waals surface area (Å²) in [6, 6.07) is 0.637. The van der Waals surface area contributed by atoms with Crippen LogP contribution in [0.5, 0.6) is 0 Å². The molecule has 0 amide bonds. The van der Waals surface area contributed by atoms with Crippen molar-refractivity contribution in [1.82, 2.24) is 4.90 Å². The van der Waals surface area contributed by atoms with Crippen LogP contribution in [-0.4, -0.2) is 48.0 Å². The van der Waals surface area contributed by atoms with Gasteiger partial charge in [0.1, 0.15) is 0 Å². The Hall–Kier alpha value is -0.120. The van der Waals surface area contributed by atoms with Gasteiger partial charge in [0.05, 0.1) is 18.8 Å². The molecule has 3 nitrogen and oxygen atoms in total. The van der Waals surface area contributed by atoms with Gasteiger partial charge in [-0.1, -0.05) is 45.4 Å². The van der Waals surface area contributed by atoms with Crippen LogP contribution in [-0.2, 0) is 4.74 Å². The van der Waals surface area contributed by atoms with Gasteiger partial charge in [-0.3, -0.25) is 4.90 Å². The Morgan fingerprint density at radius 3 is 2.84 bits per heavy atom. The summed E-state index contributed by atoms with van der Waals surface area (Å²) in [6.07, 6.45) is 11.0. The van der Waals surface area contributed by atoms with E-state index in [9.17, 15) is 5.11 Å². The lowest BCUT2D eigenvalue weighted by molar-refractivity contribution is -0.104.